The second-order valence-electron chi connectivity index (χ2n) is 6.52. The summed E-state index contributed by atoms with van der Waals surface area (Å²) in [6.07, 6.45) is 2.55. The van der Waals surface area contributed by atoms with Crippen molar-refractivity contribution in [1.29, 1.82) is 0 Å². The van der Waals surface area contributed by atoms with E-state index in [0.717, 1.165) is 31.5 Å². The van der Waals surface area contributed by atoms with Gasteiger partial charge in [-0.25, -0.2) is 4.99 Å². The van der Waals surface area contributed by atoms with E-state index in [4.69, 9.17) is 4.99 Å². The average molecular weight is 316 g/mol. The fraction of sp³-hybridized carbons (Fsp3) is 0.632. The van der Waals surface area contributed by atoms with Crippen LogP contribution in [-0.2, 0) is 6.54 Å². The largest absolute Gasteiger partial charge is 0.357 e. The molecule has 1 aromatic rings. The third kappa shape index (κ3) is 6.22. The van der Waals surface area contributed by atoms with Crippen LogP contribution >= 0.6 is 0 Å². The quantitative estimate of drug-likeness (QED) is 0.600. The molecule has 4 heteroatoms. The standard InChI is InChI=1S/C19H32N4/c1-4-10-23-11-9-18(15-23)14-22-19(20-5-2)21-13-17-8-6-7-16(3)12-17/h6-8,12,18H,4-5,9-11,13-15H2,1-3H3,(H2,20,21,22). The lowest BCUT2D eigenvalue weighted by Crippen LogP contribution is -2.40. The molecule has 0 amide bonds. The van der Waals surface area contributed by atoms with Crippen molar-refractivity contribution < 1.29 is 0 Å². The summed E-state index contributed by atoms with van der Waals surface area (Å²) in [4.78, 5) is 7.29. The van der Waals surface area contributed by atoms with E-state index < -0.39 is 0 Å². The average Bonchev–Trinajstić information content (AvgIpc) is 2.98. The summed E-state index contributed by atoms with van der Waals surface area (Å²) >= 11 is 0. The molecule has 4 nitrogen and oxygen atoms in total. The molecule has 0 aromatic heterocycles. The molecule has 1 aliphatic heterocycles. The molecule has 2 N–H and O–H groups in total. The van der Waals surface area contributed by atoms with Crippen molar-refractivity contribution in [3.63, 3.8) is 0 Å². The van der Waals surface area contributed by atoms with Gasteiger partial charge in [0.05, 0.1) is 6.54 Å². The van der Waals surface area contributed by atoms with Crippen LogP contribution < -0.4 is 10.6 Å². The van der Waals surface area contributed by atoms with E-state index in [0.29, 0.717) is 0 Å². The lowest BCUT2D eigenvalue weighted by atomic mass is 10.1. The molecule has 1 atom stereocenters. The van der Waals surface area contributed by atoms with Gasteiger partial charge in [-0.3, -0.25) is 0 Å². The number of hydrogen-bond acceptors (Lipinski definition) is 2. The van der Waals surface area contributed by atoms with Crippen LogP contribution in [0.15, 0.2) is 29.3 Å². The molecule has 0 spiro atoms. The molecule has 1 saturated heterocycles. The zero-order chi connectivity index (χ0) is 16.5. The summed E-state index contributed by atoms with van der Waals surface area (Å²) in [5.41, 5.74) is 2.55. The molecular formula is C19H32N4. The van der Waals surface area contributed by atoms with Gasteiger partial charge in [-0.1, -0.05) is 36.8 Å². The molecule has 0 radical (unpaired) electrons. The molecule has 2 rings (SSSR count). The van der Waals surface area contributed by atoms with Crippen molar-refractivity contribution in [2.24, 2.45) is 10.9 Å². The van der Waals surface area contributed by atoms with Crippen molar-refractivity contribution in [3.8, 4) is 0 Å². The lowest BCUT2D eigenvalue weighted by Gasteiger charge is -2.17. The first-order valence-corrected chi connectivity index (χ1v) is 9.01. The Morgan fingerprint density at radius 1 is 1.30 bits per heavy atom. The monoisotopic (exact) mass is 316 g/mol. The SMILES string of the molecule is CCCN1CCC(CNC(=NCc2cccc(C)c2)NCC)C1. The van der Waals surface area contributed by atoms with Crippen LogP contribution in [0.4, 0.5) is 0 Å². The van der Waals surface area contributed by atoms with Gasteiger partial charge < -0.3 is 15.5 Å². The number of hydrogen-bond donors (Lipinski definition) is 2. The number of aliphatic imine (C=N–C) groups is 1. The van der Waals surface area contributed by atoms with E-state index in [1.807, 2.05) is 0 Å². The maximum absolute atomic E-state index is 4.72. The summed E-state index contributed by atoms with van der Waals surface area (Å²) < 4.78 is 0. The summed E-state index contributed by atoms with van der Waals surface area (Å²) in [6, 6.07) is 8.56. The minimum absolute atomic E-state index is 0.726. The molecule has 1 fully saturated rings. The van der Waals surface area contributed by atoms with Gasteiger partial charge in [0.2, 0.25) is 0 Å². The molecular weight excluding hydrogens is 284 g/mol. The Balaban J connectivity index is 1.82. The van der Waals surface area contributed by atoms with Gasteiger partial charge in [0, 0.05) is 19.6 Å². The zero-order valence-corrected chi connectivity index (χ0v) is 14.9. The van der Waals surface area contributed by atoms with Gasteiger partial charge in [0.25, 0.3) is 0 Å². The maximum Gasteiger partial charge on any atom is 0.191 e. The van der Waals surface area contributed by atoms with Gasteiger partial charge in [-0.2, -0.15) is 0 Å². The first-order chi connectivity index (χ1) is 11.2. The number of rotatable bonds is 7. The van der Waals surface area contributed by atoms with Gasteiger partial charge in [0.1, 0.15) is 0 Å². The highest BCUT2D eigenvalue weighted by Crippen LogP contribution is 2.15. The molecule has 1 aromatic carbocycles. The Morgan fingerprint density at radius 3 is 2.91 bits per heavy atom. The number of aryl methyl sites for hydroxylation is 1. The summed E-state index contributed by atoms with van der Waals surface area (Å²) in [7, 11) is 0. The van der Waals surface area contributed by atoms with Gasteiger partial charge in [-0.15, -0.1) is 0 Å². The van der Waals surface area contributed by atoms with Crippen LogP contribution in [0, 0.1) is 12.8 Å². The Labute approximate surface area is 141 Å². The van der Waals surface area contributed by atoms with E-state index >= 15 is 0 Å². The minimum Gasteiger partial charge on any atom is -0.357 e. The van der Waals surface area contributed by atoms with Crippen molar-refractivity contribution in [2.75, 3.05) is 32.7 Å². The Hall–Kier alpha value is -1.55. The molecule has 1 aliphatic rings. The zero-order valence-electron chi connectivity index (χ0n) is 14.9. The van der Waals surface area contributed by atoms with Crippen molar-refractivity contribution in [1.82, 2.24) is 15.5 Å². The molecule has 23 heavy (non-hydrogen) atoms. The van der Waals surface area contributed by atoms with Crippen molar-refractivity contribution in [3.05, 3.63) is 35.4 Å². The van der Waals surface area contributed by atoms with E-state index in [-0.39, 0.29) is 0 Å². The molecule has 1 heterocycles. The van der Waals surface area contributed by atoms with E-state index in [1.165, 1.54) is 43.6 Å². The predicted octanol–water partition coefficient (Wildman–Crippen LogP) is 2.78. The van der Waals surface area contributed by atoms with Crippen LogP contribution in [0.3, 0.4) is 0 Å². The second kappa shape index (κ2) is 9.56. The molecule has 1 unspecified atom stereocenters. The highest BCUT2D eigenvalue weighted by molar-refractivity contribution is 5.79. The molecule has 0 saturated carbocycles. The highest BCUT2D eigenvalue weighted by Gasteiger charge is 2.21. The number of benzene rings is 1. The lowest BCUT2D eigenvalue weighted by molar-refractivity contribution is 0.324. The normalized spacial score (nSPS) is 19.1. The minimum atomic E-state index is 0.726. The Morgan fingerprint density at radius 2 is 2.17 bits per heavy atom. The summed E-state index contributed by atoms with van der Waals surface area (Å²) in [5.74, 6) is 1.67. The van der Waals surface area contributed by atoms with Crippen molar-refractivity contribution in [2.45, 2.75) is 40.2 Å². The molecule has 128 valence electrons. The first-order valence-electron chi connectivity index (χ1n) is 9.01. The van der Waals surface area contributed by atoms with Gasteiger partial charge >= 0.3 is 0 Å². The number of nitrogens with zero attached hydrogens (tertiary/aromatic N) is 2. The Bertz CT molecular complexity index is 498. The Kier molecular flexibility index (Phi) is 7.40. The fourth-order valence-corrected chi connectivity index (χ4v) is 3.16. The van der Waals surface area contributed by atoms with Crippen molar-refractivity contribution >= 4 is 5.96 Å². The number of guanidine groups is 1. The number of nitrogens with one attached hydrogen (secondary N) is 2. The first kappa shape index (κ1) is 17.8. The van der Waals surface area contributed by atoms with Gasteiger partial charge in [0.15, 0.2) is 5.96 Å². The number of likely N-dealkylation sites (tertiary alicyclic amines) is 1. The fourth-order valence-electron chi connectivity index (χ4n) is 3.16. The predicted molar refractivity (Wildman–Crippen MR) is 98.8 cm³/mol. The summed E-state index contributed by atoms with van der Waals surface area (Å²) in [6.45, 7) is 12.8. The van der Waals surface area contributed by atoms with Crippen LogP contribution in [0.25, 0.3) is 0 Å². The second-order valence-corrected chi connectivity index (χ2v) is 6.52. The molecule has 0 bridgehead atoms. The van der Waals surface area contributed by atoms with Gasteiger partial charge in [-0.05, 0) is 51.3 Å². The topological polar surface area (TPSA) is 39.7 Å². The van der Waals surface area contributed by atoms with Crippen LogP contribution in [0.1, 0.15) is 37.8 Å². The summed E-state index contributed by atoms with van der Waals surface area (Å²) in [5, 5.41) is 6.88. The van der Waals surface area contributed by atoms with E-state index in [1.54, 1.807) is 0 Å². The molecule has 0 aliphatic carbocycles. The highest BCUT2D eigenvalue weighted by atomic mass is 15.2. The third-order valence-corrected chi connectivity index (χ3v) is 4.31. The van der Waals surface area contributed by atoms with Crippen LogP contribution in [0.5, 0.6) is 0 Å². The maximum atomic E-state index is 4.72. The van der Waals surface area contributed by atoms with Crippen LogP contribution in [-0.4, -0.2) is 43.6 Å². The van der Waals surface area contributed by atoms with E-state index in [2.05, 4.69) is 60.6 Å². The third-order valence-electron chi connectivity index (χ3n) is 4.31. The van der Waals surface area contributed by atoms with E-state index in [9.17, 15) is 0 Å². The smallest absolute Gasteiger partial charge is 0.191 e. The van der Waals surface area contributed by atoms with Crippen LogP contribution in [0.2, 0.25) is 0 Å².